The predicted octanol–water partition coefficient (Wildman–Crippen LogP) is 2.21. The first kappa shape index (κ1) is 13.1. The van der Waals surface area contributed by atoms with Gasteiger partial charge in [0.1, 0.15) is 11.6 Å². The molecule has 1 aromatic carbocycles. The van der Waals surface area contributed by atoms with Gasteiger partial charge in [0, 0.05) is 18.0 Å². The summed E-state index contributed by atoms with van der Waals surface area (Å²) in [5.41, 5.74) is 6.18. The van der Waals surface area contributed by atoms with Crippen LogP contribution in [0.4, 0.5) is 15.9 Å². The molecule has 5 nitrogen and oxygen atoms in total. The van der Waals surface area contributed by atoms with Gasteiger partial charge < -0.3 is 15.8 Å². The Hall–Kier alpha value is -2.37. The molecule has 2 rings (SSSR count). The van der Waals surface area contributed by atoms with Crippen molar-refractivity contribution >= 4 is 11.5 Å². The second kappa shape index (κ2) is 5.99. The molecule has 0 fully saturated rings. The number of hydrogen-bond acceptors (Lipinski definition) is 5. The SMILES string of the molecule is CCOc1ccc(NCc2nccc(N)n2)cc1F. The first-order valence-electron chi connectivity index (χ1n) is 5.92. The van der Waals surface area contributed by atoms with Crippen molar-refractivity contribution in [2.45, 2.75) is 13.5 Å². The van der Waals surface area contributed by atoms with Gasteiger partial charge in [0.2, 0.25) is 0 Å². The Kier molecular flexibility index (Phi) is 4.12. The summed E-state index contributed by atoms with van der Waals surface area (Å²) < 4.78 is 18.7. The van der Waals surface area contributed by atoms with Crippen molar-refractivity contribution in [3.63, 3.8) is 0 Å². The maximum absolute atomic E-state index is 13.6. The van der Waals surface area contributed by atoms with E-state index in [2.05, 4.69) is 15.3 Å². The molecule has 1 heterocycles. The highest BCUT2D eigenvalue weighted by Gasteiger charge is 2.04. The summed E-state index contributed by atoms with van der Waals surface area (Å²) in [6.45, 7) is 2.61. The Morgan fingerprint density at radius 2 is 2.21 bits per heavy atom. The molecule has 3 N–H and O–H groups in total. The Balaban J connectivity index is 2.02. The average molecular weight is 262 g/mol. The first-order valence-corrected chi connectivity index (χ1v) is 5.92. The van der Waals surface area contributed by atoms with E-state index in [1.54, 1.807) is 24.4 Å². The first-order chi connectivity index (χ1) is 9.19. The van der Waals surface area contributed by atoms with E-state index in [1.807, 2.05) is 6.92 Å². The number of nitrogen functional groups attached to an aromatic ring is 1. The molecule has 0 saturated carbocycles. The number of ether oxygens (including phenoxy) is 1. The minimum absolute atomic E-state index is 0.244. The van der Waals surface area contributed by atoms with Gasteiger partial charge in [-0.15, -0.1) is 0 Å². The zero-order valence-corrected chi connectivity index (χ0v) is 10.6. The Bertz CT molecular complexity index is 562. The van der Waals surface area contributed by atoms with Crippen LogP contribution in [0.3, 0.4) is 0 Å². The summed E-state index contributed by atoms with van der Waals surface area (Å²) in [6.07, 6.45) is 1.58. The lowest BCUT2D eigenvalue weighted by molar-refractivity contribution is 0.321. The fourth-order valence-corrected chi connectivity index (χ4v) is 1.56. The minimum Gasteiger partial charge on any atom is -0.491 e. The van der Waals surface area contributed by atoms with Crippen LogP contribution in [-0.4, -0.2) is 16.6 Å². The maximum Gasteiger partial charge on any atom is 0.167 e. The van der Waals surface area contributed by atoms with Crippen LogP contribution < -0.4 is 15.8 Å². The van der Waals surface area contributed by atoms with Crippen molar-refractivity contribution in [1.82, 2.24) is 9.97 Å². The van der Waals surface area contributed by atoms with Crippen molar-refractivity contribution < 1.29 is 9.13 Å². The quantitative estimate of drug-likeness (QED) is 0.864. The van der Waals surface area contributed by atoms with Crippen LogP contribution in [0.1, 0.15) is 12.7 Å². The van der Waals surface area contributed by atoms with Gasteiger partial charge in [-0.2, -0.15) is 0 Å². The molecule has 100 valence electrons. The number of aromatic nitrogens is 2. The lowest BCUT2D eigenvalue weighted by Gasteiger charge is -2.08. The molecule has 0 aliphatic rings. The fraction of sp³-hybridized carbons (Fsp3) is 0.231. The van der Waals surface area contributed by atoms with Gasteiger partial charge >= 0.3 is 0 Å². The molecule has 19 heavy (non-hydrogen) atoms. The van der Waals surface area contributed by atoms with Crippen molar-refractivity contribution in [3.05, 3.63) is 42.1 Å². The van der Waals surface area contributed by atoms with Crippen LogP contribution >= 0.6 is 0 Å². The normalized spacial score (nSPS) is 10.2. The monoisotopic (exact) mass is 262 g/mol. The lowest BCUT2D eigenvalue weighted by atomic mass is 10.3. The highest BCUT2D eigenvalue weighted by molar-refractivity contribution is 5.47. The number of nitrogens with zero attached hydrogens (tertiary/aromatic N) is 2. The second-order valence-electron chi connectivity index (χ2n) is 3.83. The van der Waals surface area contributed by atoms with Crippen molar-refractivity contribution in [2.24, 2.45) is 0 Å². The number of benzene rings is 1. The summed E-state index contributed by atoms with van der Waals surface area (Å²) in [5.74, 6) is 0.799. The lowest BCUT2D eigenvalue weighted by Crippen LogP contribution is -2.06. The summed E-state index contributed by atoms with van der Waals surface area (Å²) in [6, 6.07) is 6.30. The van der Waals surface area contributed by atoms with Crippen LogP contribution in [0.15, 0.2) is 30.5 Å². The predicted molar refractivity (Wildman–Crippen MR) is 71.3 cm³/mol. The molecule has 0 unspecified atom stereocenters. The third kappa shape index (κ3) is 3.54. The second-order valence-corrected chi connectivity index (χ2v) is 3.83. The van der Waals surface area contributed by atoms with E-state index in [-0.39, 0.29) is 5.75 Å². The van der Waals surface area contributed by atoms with Gasteiger partial charge in [-0.1, -0.05) is 0 Å². The van der Waals surface area contributed by atoms with E-state index in [0.29, 0.717) is 30.5 Å². The van der Waals surface area contributed by atoms with Crippen LogP contribution in [0.2, 0.25) is 0 Å². The number of rotatable bonds is 5. The molecule has 0 atom stereocenters. The molecule has 2 aromatic rings. The number of nitrogens with two attached hydrogens (primary N) is 1. The number of halogens is 1. The number of nitrogens with one attached hydrogen (secondary N) is 1. The average Bonchev–Trinajstić information content (AvgIpc) is 2.39. The smallest absolute Gasteiger partial charge is 0.167 e. The zero-order valence-electron chi connectivity index (χ0n) is 10.6. The zero-order chi connectivity index (χ0) is 13.7. The molecular weight excluding hydrogens is 247 g/mol. The van der Waals surface area contributed by atoms with Gasteiger partial charge in [0.25, 0.3) is 0 Å². The van der Waals surface area contributed by atoms with Crippen LogP contribution in [-0.2, 0) is 6.54 Å². The third-order valence-electron chi connectivity index (χ3n) is 2.41. The molecule has 6 heteroatoms. The molecule has 1 aromatic heterocycles. The maximum atomic E-state index is 13.6. The molecule has 0 aliphatic carbocycles. The van der Waals surface area contributed by atoms with E-state index in [9.17, 15) is 4.39 Å². The highest BCUT2D eigenvalue weighted by Crippen LogP contribution is 2.21. The van der Waals surface area contributed by atoms with E-state index < -0.39 is 5.82 Å². The van der Waals surface area contributed by atoms with Gasteiger partial charge in [-0.25, -0.2) is 14.4 Å². The minimum atomic E-state index is -0.402. The summed E-state index contributed by atoms with van der Waals surface area (Å²) in [5, 5.41) is 3.02. The van der Waals surface area contributed by atoms with E-state index in [1.165, 1.54) is 6.07 Å². The molecule has 0 amide bonds. The van der Waals surface area contributed by atoms with E-state index in [4.69, 9.17) is 10.5 Å². The van der Waals surface area contributed by atoms with Gasteiger partial charge in [-0.05, 0) is 25.1 Å². The van der Waals surface area contributed by atoms with E-state index in [0.717, 1.165) is 0 Å². The molecule has 0 saturated heterocycles. The Morgan fingerprint density at radius 3 is 2.89 bits per heavy atom. The summed E-state index contributed by atoms with van der Waals surface area (Å²) in [4.78, 5) is 8.10. The van der Waals surface area contributed by atoms with Crippen molar-refractivity contribution in [1.29, 1.82) is 0 Å². The van der Waals surface area contributed by atoms with Crippen LogP contribution in [0.5, 0.6) is 5.75 Å². The van der Waals surface area contributed by atoms with Crippen molar-refractivity contribution in [3.8, 4) is 5.75 Å². The molecule has 0 spiro atoms. The van der Waals surface area contributed by atoms with Gasteiger partial charge in [-0.3, -0.25) is 0 Å². The van der Waals surface area contributed by atoms with E-state index >= 15 is 0 Å². The molecular formula is C13H15FN4O. The standard InChI is InChI=1S/C13H15FN4O/c1-2-19-11-4-3-9(7-10(11)14)17-8-13-16-6-5-12(15)18-13/h3-7,17H,2,8H2,1H3,(H2,15,16,18). The molecule has 0 aliphatic heterocycles. The van der Waals surface area contributed by atoms with Gasteiger partial charge in [0.05, 0.1) is 13.2 Å². The highest BCUT2D eigenvalue weighted by atomic mass is 19.1. The largest absolute Gasteiger partial charge is 0.491 e. The Labute approximate surface area is 110 Å². The Morgan fingerprint density at radius 1 is 1.37 bits per heavy atom. The number of hydrogen-bond donors (Lipinski definition) is 2. The third-order valence-corrected chi connectivity index (χ3v) is 2.41. The number of anilines is 2. The molecule has 0 bridgehead atoms. The van der Waals surface area contributed by atoms with Crippen molar-refractivity contribution in [2.75, 3.05) is 17.7 Å². The summed E-state index contributed by atoms with van der Waals surface area (Å²) in [7, 11) is 0. The fourth-order valence-electron chi connectivity index (χ4n) is 1.56. The van der Waals surface area contributed by atoms with Gasteiger partial charge in [0.15, 0.2) is 11.6 Å². The van der Waals surface area contributed by atoms with Crippen LogP contribution in [0.25, 0.3) is 0 Å². The topological polar surface area (TPSA) is 73.1 Å². The van der Waals surface area contributed by atoms with Crippen LogP contribution in [0, 0.1) is 5.82 Å². The molecule has 0 radical (unpaired) electrons. The summed E-state index contributed by atoms with van der Waals surface area (Å²) >= 11 is 0.